The van der Waals surface area contributed by atoms with Crippen molar-refractivity contribution in [3.05, 3.63) is 59.9 Å². The summed E-state index contributed by atoms with van der Waals surface area (Å²) >= 11 is 0. The Morgan fingerprint density at radius 2 is 2.20 bits per heavy atom. The quantitative estimate of drug-likeness (QED) is 0.877. The van der Waals surface area contributed by atoms with Crippen LogP contribution in [0.1, 0.15) is 35.7 Å². The van der Waals surface area contributed by atoms with Crippen LogP contribution in [0.2, 0.25) is 0 Å². The monoisotopic (exact) mass is 339 g/mol. The Morgan fingerprint density at radius 1 is 1.32 bits per heavy atom. The van der Waals surface area contributed by atoms with Gasteiger partial charge in [0.2, 0.25) is 0 Å². The smallest absolute Gasteiger partial charge is 0.256 e. The molecule has 1 N–H and O–H groups in total. The van der Waals surface area contributed by atoms with Crippen LogP contribution in [0.5, 0.6) is 0 Å². The van der Waals surface area contributed by atoms with Gasteiger partial charge in [0, 0.05) is 44.3 Å². The Hall–Kier alpha value is -2.40. The Balaban J connectivity index is 1.70. The number of nitrogens with one attached hydrogen (secondary N) is 1. The maximum Gasteiger partial charge on any atom is 0.256 e. The molecule has 3 rings (SSSR count). The standard InChI is InChI=1S/C20H25N3O2/c1-2-25-17-8-6-12-23(15-17)20(24)18-9-3-4-10-19(18)22-14-16-7-5-11-21-13-16/h3-5,7,9-11,13,17,22H,2,6,8,12,14-15H2,1H3/t17-/m1/s1. The van der Waals surface area contributed by atoms with Crippen molar-refractivity contribution in [1.29, 1.82) is 0 Å². The number of carbonyl (C=O) groups excluding carboxylic acids is 1. The lowest BCUT2D eigenvalue weighted by atomic mass is 10.1. The molecule has 1 aromatic carbocycles. The van der Waals surface area contributed by atoms with Gasteiger partial charge in [0.25, 0.3) is 5.91 Å². The molecule has 25 heavy (non-hydrogen) atoms. The van der Waals surface area contributed by atoms with Crippen LogP contribution in [0, 0.1) is 0 Å². The molecule has 0 spiro atoms. The van der Waals surface area contributed by atoms with E-state index < -0.39 is 0 Å². The van der Waals surface area contributed by atoms with Gasteiger partial charge in [0.1, 0.15) is 0 Å². The summed E-state index contributed by atoms with van der Waals surface area (Å²) in [7, 11) is 0. The van der Waals surface area contributed by atoms with Gasteiger partial charge in [0.05, 0.1) is 11.7 Å². The molecule has 1 amide bonds. The summed E-state index contributed by atoms with van der Waals surface area (Å²) in [6.45, 7) is 4.79. The van der Waals surface area contributed by atoms with Gasteiger partial charge in [-0.2, -0.15) is 0 Å². The van der Waals surface area contributed by atoms with E-state index in [0.29, 0.717) is 25.3 Å². The highest BCUT2D eigenvalue weighted by atomic mass is 16.5. The highest BCUT2D eigenvalue weighted by Gasteiger charge is 2.25. The van der Waals surface area contributed by atoms with E-state index in [0.717, 1.165) is 30.6 Å². The third-order valence-electron chi connectivity index (χ3n) is 4.43. The first kappa shape index (κ1) is 17.4. The Kier molecular flexibility index (Phi) is 6.01. The highest BCUT2D eigenvalue weighted by Crippen LogP contribution is 2.21. The van der Waals surface area contributed by atoms with Gasteiger partial charge >= 0.3 is 0 Å². The molecular weight excluding hydrogens is 314 g/mol. The van der Waals surface area contributed by atoms with Crippen molar-refractivity contribution in [1.82, 2.24) is 9.88 Å². The maximum absolute atomic E-state index is 13.0. The summed E-state index contributed by atoms with van der Waals surface area (Å²) in [4.78, 5) is 19.0. The van der Waals surface area contributed by atoms with Gasteiger partial charge in [0.15, 0.2) is 0 Å². The summed E-state index contributed by atoms with van der Waals surface area (Å²) in [5, 5.41) is 3.37. The van der Waals surface area contributed by atoms with Crippen LogP contribution in [-0.2, 0) is 11.3 Å². The molecule has 1 aromatic heterocycles. The highest BCUT2D eigenvalue weighted by molar-refractivity contribution is 5.99. The molecule has 0 bridgehead atoms. The second-order valence-corrected chi connectivity index (χ2v) is 6.23. The number of ether oxygens (including phenoxy) is 1. The zero-order valence-electron chi connectivity index (χ0n) is 14.6. The summed E-state index contributed by atoms with van der Waals surface area (Å²) in [5.41, 5.74) is 2.65. The van der Waals surface area contributed by atoms with Gasteiger partial charge in [-0.1, -0.05) is 18.2 Å². The molecule has 1 saturated heterocycles. The fourth-order valence-corrected chi connectivity index (χ4v) is 3.19. The number of nitrogens with zero attached hydrogens (tertiary/aromatic N) is 2. The summed E-state index contributed by atoms with van der Waals surface area (Å²) in [5.74, 6) is 0.0682. The van der Waals surface area contributed by atoms with Crippen LogP contribution in [-0.4, -0.2) is 41.6 Å². The third kappa shape index (κ3) is 4.57. The minimum Gasteiger partial charge on any atom is -0.380 e. The average molecular weight is 339 g/mol. The summed E-state index contributed by atoms with van der Waals surface area (Å²) < 4.78 is 5.72. The molecule has 0 saturated carbocycles. The molecule has 1 atom stereocenters. The van der Waals surface area contributed by atoms with Crippen LogP contribution in [0.4, 0.5) is 5.69 Å². The van der Waals surface area contributed by atoms with Crippen molar-refractivity contribution in [2.75, 3.05) is 25.0 Å². The van der Waals surface area contributed by atoms with Crippen molar-refractivity contribution in [3.63, 3.8) is 0 Å². The topological polar surface area (TPSA) is 54.5 Å². The number of aromatic nitrogens is 1. The van der Waals surface area contributed by atoms with E-state index in [1.807, 2.05) is 54.4 Å². The molecule has 0 aliphatic carbocycles. The second-order valence-electron chi connectivity index (χ2n) is 6.23. The van der Waals surface area contributed by atoms with Gasteiger partial charge in [-0.15, -0.1) is 0 Å². The molecule has 2 heterocycles. The van der Waals surface area contributed by atoms with Crippen molar-refractivity contribution in [2.45, 2.75) is 32.4 Å². The molecule has 0 radical (unpaired) electrons. The Morgan fingerprint density at radius 3 is 3.00 bits per heavy atom. The molecule has 5 nitrogen and oxygen atoms in total. The first-order chi connectivity index (χ1) is 12.3. The number of amides is 1. The molecule has 1 fully saturated rings. The number of piperidine rings is 1. The van der Waals surface area contributed by atoms with Crippen LogP contribution < -0.4 is 5.32 Å². The van der Waals surface area contributed by atoms with Crippen LogP contribution in [0.3, 0.4) is 0 Å². The van der Waals surface area contributed by atoms with E-state index in [4.69, 9.17) is 4.74 Å². The third-order valence-corrected chi connectivity index (χ3v) is 4.43. The molecular formula is C20H25N3O2. The van der Waals surface area contributed by atoms with Crippen LogP contribution in [0.15, 0.2) is 48.8 Å². The number of para-hydroxylation sites is 1. The predicted octanol–water partition coefficient (Wildman–Crippen LogP) is 3.33. The van der Waals surface area contributed by atoms with Gasteiger partial charge in [-0.05, 0) is 43.5 Å². The number of anilines is 1. The predicted molar refractivity (Wildman–Crippen MR) is 98.6 cm³/mol. The van der Waals surface area contributed by atoms with E-state index in [2.05, 4.69) is 10.3 Å². The second kappa shape index (κ2) is 8.62. The SMILES string of the molecule is CCO[C@@H]1CCCN(C(=O)c2ccccc2NCc2cccnc2)C1. The van der Waals surface area contributed by atoms with E-state index in [9.17, 15) is 4.79 Å². The number of hydrogen-bond acceptors (Lipinski definition) is 4. The number of carbonyl (C=O) groups is 1. The molecule has 1 aliphatic heterocycles. The molecule has 2 aromatic rings. The van der Waals surface area contributed by atoms with Crippen LogP contribution in [0.25, 0.3) is 0 Å². The number of pyridine rings is 1. The molecule has 1 aliphatic rings. The van der Waals surface area contributed by atoms with Gasteiger partial charge in [-0.25, -0.2) is 0 Å². The van der Waals surface area contributed by atoms with E-state index >= 15 is 0 Å². The largest absolute Gasteiger partial charge is 0.380 e. The summed E-state index contributed by atoms with van der Waals surface area (Å²) in [6.07, 6.45) is 5.75. The van der Waals surface area contributed by atoms with Gasteiger partial charge in [-0.3, -0.25) is 9.78 Å². The van der Waals surface area contributed by atoms with Crippen molar-refractivity contribution in [2.24, 2.45) is 0 Å². The number of benzene rings is 1. The first-order valence-electron chi connectivity index (χ1n) is 8.90. The number of hydrogen-bond donors (Lipinski definition) is 1. The maximum atomic E-state index is 13.0. The minimum absolute atomic E-state index is 0.0682. The zero-order valence-corrected chi connectivity index (χ0v) is 14.6. The van der Waals surface area contributed by atoms with E-state index in [1.54, 1.807) is 6.20 Å². The summed E-state index contributed by atoms with van der Waals surface area (Å²) in [6, 6.07) is 11.6. The van der Waals surface area contributed by atoms with E-state index in [-0.39, 0.29) is 12.0 Å². The van der Waals surface area contributed by atoms with Crippen molar-refractivity contribution < 1.29 is 9.53 Å². The average Bonchev–Trinajstić information content (AvgIpc) is 2.67. The lowest BCUT2D eigenvalue weighted by molar-refractivity contribution is 0.00727. The van der Waals surface area contributed by atoms with Crippen molar-refractivity contribution >= 4 is 11.6 Å². The number of likely N-dealkylation sites (tertiary alicyclic amines) is 1. The Bertz CT molecular complexity index is 688. The van der Waals surface area contributed by atoms with Crippen LogP contribution >= 0.6 is 0 Å². The Labute approximate surface area is 149 Å². The first-order valence-corrected chi connectivity index (χ1v) is 8.90. The fourth-order valence-electron chi connectivity index (χ4n) is 3.19. The van der Waals surface area contributed by atoms with Gasteiger partial charge < -0.3 is 15.0 Å². The fraction of sp³-hybridized carbons (Fsp3) is 0.400. The number of rotatable bonds is 6. The molecule has 5 heteroatoms. The lowest BCUT2D eigenvalue weighted by Crippen LogP contribution is -2.43. The lowest BCUT2D eigenvalue weighted by Gasteiger charge is -2.33. The van der Waals surface area contributed by atoms with Crippen molar-refractivity contribution in [3.8, 4) is 0 Å². The minimum atomic E-state index is 0.0682. The molecule has 132 valence electrons. The zero-order chi connectivity index (χ0) is 17.5. The molecule has 0 unspecified atom stereocenters. The van der Waals surface area contributed by atoms with E-state index in [1.165, 1.54) is 0 Å². The normalized spacial score (nSPS) is 17.3.